The van der Waals surface area contributed by atoms with Crippen molar-refractivity contribution in [1.82, 2.24) is 0 Å². The van der Waals surface area contributed by atoms with Gasteiger partial charge in [0.1, 0.15) is 0 Å². The lowest BCUT2D eigenvalue weighted by Crippen LogP contribution is -2.37. The minimum atomic E-state index is 0.186. The first-order chi connectivity index (χ1) is 5.04. The second-order valence-electron chi connectivity index (χ2n) is 3.78. The maximum absolute atomic E-state index is 5.94. The highest BCUT2D eigenvalue weighted by Gasteiger charge is 2.26. The van der Waals surface area contributed by atoms with Gasteiger partial charge < -0.3 is 11.5 Å². The van der Waals surface area contributed by atoms with Crippen LogP contribution in [0, 0.1) is 11.8 Å². The molecule has 1 aliphatic rings. The van der Waals surface area contributed by atoms with Crippen molar-refractivity contribution in [1.29, 1.82) is 0 Å². The molecule has 0 aromatic heterocycles. The van der Waals surface area contributed by atoms with Crippen LogP contribution in [0.3, 0.4) is 0 Å². The molecule has 0 saturated carbocycles. The average Bonchev–Trinajstić information content (AvgIpc) is 1.97. The first-order valence-electron chi connectivity index (χ1n) is 4.25. The number of rotatable bonds is 0. The second-order valence-corrected chi connectivity index (χ2v) is 3.78. The Morgan fingerprint density at radius 3 is 2.45 bits per heavy atom. The van der Waals surface area contributed by atoms with E-state index in [-0.39, 0.29) is 6.04 Å². The smallest absolute Gasteiger partial charge is 0.0297 e. The van der Waals surface area contributed by atoms with Crippen LogP contribution in [-0.4, -0.2) is 6.04 Å². The Morgan fingerprint density at radius 2 is 1.91 bits per heavy atom. The van der Waals surface area contributed by atoms with Gasteiger partial charge in [0.05, 0.1) is 0 Å². The Bertz CT molecular complexity index is 184. The van der Waals surface area contributed by atoms with Crippen molar-refractivity contribution in [3.8, 4) is 0 Å². The Balaban J connectivity index is 2.89. The molecule has 0 aromatic rings. The van der Waals surface area contributed by atoms with Gasteiger partial charge in [-0.05, 0) is 30.8 Å². The molecule has 4 N–H and O–H groups in total. The van der Waals surface area contributed by atoms with Crippen LogP contribution in [0.1, 0.15) is 27.2 Å². The first-order valence-corrected chi connectivity index (χ1v) is 4.25. The minimum Gasteiger partial charge on any atom is -0.402 e. The third-order valence-corrected chi connectivity index (χ3v) is 2.82. The summed E-state index contributed by atoms with van der Waals surface area (Å²) < 4.78 is 0. The van der Waals surface area contributed by atoms with Gasteiger partial charge in [-0.1, -0.05) is 13.8 Å². The molecule has 0 bridgehead atoms. The molecule has 1 aliphatic carbocycles. The van der Waals surface area contributed by atoms with Crippen LogP contribution >= 0.6 is 0 Å². The number of allylic oxidation sites excluding steroid dienone is 1. The topological polar surface area (TPSA) is 52.0 Å². The zero-order valence-electron chi connectivity index (χ0n) is 7.59. The summed E-state index contributed by atoms with van der Waals surface area (Å²) in [7, 11) is 0. The largest absolute Gasteiger partial charge is 0.402 e. The van der Waals surface area contributed by atoms with Crippen LogP contribution < -0.4 is 11.5 Å². The van der Waals surface area contributed by atoms with Gasteiger partial charge in [-0.3, -0.25) is 0 Å². The van der Waals surface area contributed by atoms with Crippen LogP contribution in [0.15, 0.2) is 11.3 Å². The molecule has 2 heteroatoms. The van der Waals surface area contributed by atoms with Crippen LogP contribution in [0.4, 0.5) is 0 Å². The molecule has 0 spiro atoms. The van der Waals surface area contributed by atoms with Gasteiger partial charge in [-0.15, -0.1) is 0 Å². The molecule has 11 heavy (non-hydrogen) atoms. The van der Waals surface area contributed by atoms with Gasteiger partial charge in [0.25, 0.3) is 0 Å². The summed E-state index contributed by atoms with van der Waals surface area (Å²) in [5, 5.41) is 0. The summed E-state index contributed by atoms with van der Waals surface area (Å²) in [6.07, 6.45) is 1.13. The van der Waals surface area contributed by atoms with Crippen molar-refractivity contribution < 1.29 is 0 Å². The van der Waals surface area contributed by atoms with E-state index in [1.807, 2.05) is 6.92 Å². The zero-order chi connectivity index (χ0) is 8.59. The van der Waals surface area contributed by atoms with Crippen molar-refractivity contribution in [2.24, 2.45) is 23.3 Å². The molecule has 0 heterocycles. The van der Waals surface area contributed by atoms with Crippen molar-refractivity contribution in [3.63, 3.8) is 0 Å². The third kappa shape index (κ3) is 1.41. The predicted octanol–water partition coefficient (Wildman–Crippen LogP) is 1.22. The fraction of sp³-hybridized carbons (Fsp3) is 0.778. The van der Waals surface area contributed by atoms with Gasteiger partial charge in [0.2, 0.25) is 0 Å². The highest BCUT2D eigenvalue weighted by Crippen LogP contribution is 2.29. The molecule has 3 atom stereocenters. The molecule has 64 valence electrons. The fourth-order valence-corrected chi connectivity index (χ4v) is 1.84. The lowest BCUT2D eigenvalue weighted by atomic mass is 9.79. The van der Waals surface area contributed by atoms with Crippen molar-refractivity contribution in [2.45, 2.75) is 33.2 Å². The van der Waals surface area contributed by atoms with Gasteiger partial charge in [-0.2, -0.15) is 0 Å². The maximum Gasteiger partial charge on any atom is 0.0297 e. The van der Waals surface area contributed by atoms with Gasteiger partial charge in [0.15, 0.2) is 0 Å². The summed E-state index contributed by atoms with van der Waals surface area (Å²) in [5.41, 5.74) is 14.0. The number of nitrogens with two attached hydrogens (primary N) is 2. The van der Waals surface area contributed by atoms with Crippen LogP contribution in [0.2, 0.25) is 0 Å². The highest BCUT2D eigenvalue weighted by atomic mass is 14.7. The molecule has 0 saturated heterocycles. The second kappa shape index (κ2) is 2.86. The molecular formula is C9H18N2. The maximum atomic E-state index is 5.94. The molecule has 0 amide bonds. The summed E-state index contributed by atoms with van der Waals surface area (Å²) in [6.45, 7) is 6.41. The highest BCUT2D eigenvalue weighted by molar-refractivity contribution is 5.21. The van der Waals surface area contributed by atoms with Gasteiger partial charge in [-0.25, -0.2) is 0 Å². The molecule has 0 fully saturated rings. The molecular weight excluding hydrogens is 136 g/mol. The monoisotopic (exact) mass is 154 g/mol. The van der Waals surface area contributed by atoms with Crippen molar-refractivity contribution >= 4 is 0 Å². The molecule has 3 unspecified atom stereocenters. The predicted molar refractivity (Wildman–Crippen MR) is 47.8 cm³/mol. The lowest BCUT2D eigenvalue weighted by Gasteiger charge is -2.31. The van der Waals surface area contributed by atoms with E-state index >= 15 is 0 Å². The number of hydrogen-bond donors (Lipinski definition) is 2. The Morgan fingerprint density at radius 1 is 1.36 bits per heavy atom. The molecule has 1 rings (SSSR count). The van der Waals surface area contributed by atoms with E-state index < -0.39 is 0 Å². The molecule has 0 aliphatic heterocycles. The van der Waals surface area contributed by atoms with E-state index in [1.165, 1.54) is 5.57 Å². The molecule has 2 nitrogen and oxygen atoms in total. The summed E-state index contributed by atoms with van der Waals surface area (Å²) in [4.78, 5) is 0. The standard InChI is InChI=1S/C9H18N2/c1-5-4-6(2)9(11)7(3)8(5)10/h5-6,8H,4,10-11H2,1-3H3. The van der Waals surface area contributed by atoms with Crippen LogP contribution in [0.25, 0.3) is 0 Å². The van der Waals surface area contributed by atoms with E-state index in [0.717, 1.165) is 12.1 Å². The van der Waals surface area contributed by atoms with E-state index in [9.17, 15) is 0 Å². The van der Waals surface area contributed by atoms with Crippen LogP contribution in [0.5, 0.6) is 0 Å². The van der Waals surface area contributed by atoms with E-state index in [4.69, 9.17) is 11.5 Å². The van der Waals surface area contributed by atoms with Crippen LogP contribution in [-0.2, 0) is 0 Å². The fourth-order valence-electron chi connectivity index (χ4n) is 1.84. The molecule has 0 aromatic carbocycles. The Labute approximate surface area is 68.6 Å². The zero-order valence-corrected chi connectivity index (χ0v) is 7.59. The van der Waals surface area contributed by atoms with E-state index in [0.29, 0.717) is 11.8 Å². The van der Waals surface area contributed by atoms with E-state index in [2.05, 4.69) is 13.8 Å². The quantitative estimate of drug-likeness (QED) is 0.551. The summed E-state index contributed by atoms with van der Waals surface area (Å²) in [6, 6.07) is 0.186. The molecule has 0 radical (unpaired) electrons. The van der Waals surface area contributed by atoms with E-state index in [1.54, 1.807) is 0 Å². The summed E-state index contributed by atoms with van der Waals surface area (Å²) in [5.74, 6) is 1.10. The lowest BCUT2D eigenvalue weighted by molar-refractivity contribution is 0.372. The first kappa shape index (κ1) is 8.60. The minimum absolute atomic E-state index is 0.186. The Kier molecular flexibility index (Phi) is 2.23. The summed E-state index contributed by atoms with van der Waals surface area (Å²) >= 11 is 0. The van der Waals surface area contributed by atoms with Crippen molar-refractivity contribution in [2.75, 3.05) is 0 Å². The number of hydrogen-bond acceptors (Lipinski definition) is 2. The van der Waals surface area contributed by atoms with Crippen molar-refractivity contribution in [3.05, 3.63) is 11.3 Å². The normalized spacial score (nSPS) is 39.5. The average molecular weight is 154 g/mol. The van der Waals surface area contributed by atoms with Gasteiger partial charge in [0, 0.05) is 11.7 Å². The SMILES string of the molecule is CC1=C(N)C(C)CC(C)C1N. The third-order valence-electron chi connectivity index (χ3n) is 2.82. The van der Waals surface area contributed by atoms with Gasteiger partial charge >= 0.3 is 0 Å². The Hall–Kier alpha value is -0.500.